The normalized spacial score (nSPS) is 12.8. The highest BCUT2D eigenvalue weighted by atomic mass is 15.0. The topological polar surface area (TPSA) is 48.7 Å². The van der Waals surface area contributed by atoms with E-state index in [0.29, 0.717) is 11.4 Å². The van der Waals surface area contributed by atoms with Gasteiger partial charge in [0.2, 0.25) is 0 Å². The molecule has 0 bridgehead atoms. The number of pyridine rings is 1. The summed E-state index contributed by atoms with van der Waals surface area (Å²) in [6.45, 7) is 2.13. The van der Waals surface area contributed by atoms with Crippen LogP contribution in [0.3, 0.4) is 0 Å². The van der Waals surface area contributed by atoms with Crippen LogP contribution in [0.25, 0.3) is 0 Å². The van der Waals surface area contributed by atoms with Crippen molar-refractivity contribution < 1.29 is 0 Å². The van der Waals surface area contributed by atoms with Crippen molar-refractivity contribution in [3.63, 3.8) is 0 Å². The first-order valence-corrected chi connectivity index (χ1v) is 7.09. The lowest BCUT2D eigenvalue weighted by molar-refractivity contribution is 0.900. The Labute approximate surface area is 119 Å². The molecule has 1 aromatic heterocycles. The van der Waals surface area contributed by atoms with Gasteiger partial charge >= 0.3 is 0 Å². The Hall–Kier alpha value is -2.34. The maximum absolute atomic E-state index is 9.32. The summed E-state index contributed by atoms with van der Waals surface area (Å²) < 4.78 is 0. The highest BCUT2D eigenvalue weighted by molar-refractivity contribution is 5.66. The predicted octanol–water partition coefficient (Wildman–Crippen LogP) is 3.75. The number of fused-ring (bicyclic) bond motifs is 1. The van der Waals surface area contributed by atoms with Crippen LogP contribution < -0.4 is 5.32 Å². The number of benzene rings is 1. The molecule has 1 aromatic carbocycles. The van der Waals surface area contributed by atoms with E-state index in [1.165, 1.54) is 11.1 Å². The zero-order valence-corrected chi connectivity index (χ0v) is 11.6. The fraction of sp³-hybridized carbons (Fsp3) is 0.294. The predicted molar refractivity (Wildman–Crippen MR) is 80.1 cm³/mol. The minimum absolute atomic E-state index is 0.636. The van der Waals surface area contributed by atoms with Crippen molar-refractivity contribution in [1.82, 2.24) is 4.98 Å². The molecule has 0 spiro atoms. The lowest BCUT2D eigenvalue weighted by Gasteiger charge is -2.12. The SMILES string of the molecule is CCc1ccccc1Nc1nc2c(cc1C#N)CCC2. The van der Waals surface area contributed by atoms with E-state index >= 15 is 0 Å². The molecule has 20 heavy (non-hydrogen) atoms. The van der Waals surface area contributed by atoms with Crippen LogP contribution >= 0.6 is 0 Å². The van der Waals surface area contributed by atoms with Gasteiger partial charge in [0, 0.05) is 11.4 Å². The van der Waals surface area contributed by atoms with Crippen molar-refractivity contribution in [2.75, 3.05) is 5.32 Å². The lowest BCUT2D eigenvalue weighted by atomic mass is 10.1. The second-order valence-corrected chi connectivity index (χ2v) is 5.09. The summed E-state index contributed by atoms with van der Waals surface area (Å²) >= 11 is 0. The first kappa shape index (κ1) is 12.7. The number of rotatable bonds is 3. The smallest absolute Gasteiger partial charge is 0.148 e. The van der Waals surface area contributed by atoms with Crippen molar-refractivity contribution >= 4 is 11.5 Å². The number of anilines is 2. The number of para-hydroxylation sites is 1. The zero-order chi connectivity index (χ0) is 13.9. The number of aromatic nitrogens is 1. The summed E-state index contributed by atoms with van der Waals surface area (Å²) in [6, 6.07) is 12.4. The molecule has 0 amide bonds. The molecular weight excluding hydrogens is 246 g/mol. The second-order valence-electron chi connectivity index (χ2n) is 5.09. The van der Waals surface area contributed by atoms with Gasteiger partial charge in [-0.3, -0.25) is 0 Å². The van der Waals surface area contributed by atoms with E-state index < -0.39 is 0 Å². The number of hydrogen-bond donors (Lipinski definition) is 1. The molecule has 2 aromatic rings. The van der Waals surface area contributed by atoms with Crippen LogP contribution in [0.1, 0.15) is 35.7 Å². The van der Waals surface area contributed by atoms with E-state index in [1.54, 1.807) is 0 Å². The van der Waals surface area contributed by atoms with E-state index in [9.17, 15) is 5.26 Å². The average molecular weight is 263 g/mol. The molecule has 1 aliphatic rings. The molecule has 0 fully saturated rings. The van der Waals surface area contributed by atoms with Crippen LogP contribution in [0.4, 0.5) is 11.5 Å². The molecule has 0 unspecified atom stereocenters. The monoisotopic (exact) mass is 263 g/mol. The summed E-state index contributed by atoms with van der Waals surface area (Å²) in [7, 11) is 0. The third-order valence-corrected chi connectivity index (χ3v) is 3.82. The van der Waals surface area contributed by atoms with Gasteiger partial charge in [-0.15, -0.1) is 0 Å². The van der Waals surface area contributed by atoms with Gasteiger partial charge in [-0.1, -0.05) is 25.1 Å². The minimum atomic E-state index is 0.636. The molecule has 0 radical (unpaired) electrons. The number of nitriles is 1. The van der Waals surface area contributed by atoms with Crippen LogP contribution in [0.5, 0.6) is 0 Å². The number of nitrogens with zero attached hydrogens (tertiary/aromatic N) is 2. The Bertz CT molecular complexity index is 683. The molecule has 0 saturated carbocycles. The van der Waals surface area contributed by atoms with Crippen LogP contribution in [0.2, 0.25) is 0 Å². The van der Waals surface area contributed by atoms with Gasteiger partial charge in [0.25, 0.3) is 0 Å². The molecule has 3 heteroatoms. The Morgan fingerprint density at radius 1 is 1.30 bits per heavy atom. The Morgan fingerprint density at radius 2 is 2.15 bits per heavy atom. The number of nitrogens with one attached hydrogen (secondary N) is 1. The molecule has 1 N–H and O–H groups in total. The van der Waals surface area contributed by atoms with Gasteiger partial charge in [0.1, 0.15) is 11.9 Å². The molecule has 0 saturated heterocycles. The highest BCUT2D eigenvalue weighted by Crippen LogP contribution is 2.28. The van der Waals surface area contributed by atoms with Crippen molar-refractivity contribution in [2.45, 2.75) is 32.6 Å². The van der Waals surface area contributed by atoms with Gasteiger partial charge in [-0.2, -0.15) is 5.26 Å². The van der Waals surface area contributed by atoms with Gasteiger partial charge in [-0.05, 0) is 48.9 Å². The molecule has 1 aliphatic carbocycles. The van der Waals surface area contributed by atoms with Crippen LogP contribution in [0.15, 0.2) is 30.3 Å². The molecule has 0 atom stereocenters. The second kappa shape index (κ2) is 5.34. The first-order chi connectivity index (χ1) is 9.81. The van der Waals surface area contributed by atoms with E-state index in [1.807, 2.05) is 24.3 Å². The van der Waals surface area contributed by atoms with Crippen molar-refractivity contribution in [3.05, 3.63) is 52.7 Å². The van der Waals surface area contributed by atoms with Gasteiger partial charge in [-0.25, -0.2) is 4.98 Å². The number of aryl methyl sites for hydroxylation is 3. The van der Waals surface area contributed by atoms with Crippen molar-refractivity contribution in [1.29, 1.82) is 5.26 Å². The minimum Gasteiger partial charge on any atom is -0.339 e. The number of hydrogen-bond acceptors (Lipinski definition) is 3. The van der Waals surface area contributed by atoms with E-state index in [4.69, 9.17) is 0 Å². The van der Waals surface area contributed by atoms with Crippen LogP contribution in [0, 0.1) is 11.3 Å². The quantitative estimate of drug-likeness (QED) is 0.917. The fourth-order valence-electron chi connectivity index (χ4n) is 2.73. The molecular formula is C17H17N3. The van der Waals surface area contributed by atoms with Gasteiger partial charge in [0.15, 0.2) is 0 Å². The maximum atomic E-state index is 9.32. The maximum Gasteiger partial charge on any atom is 0.148 e. The van der Waals surface area contributed by atoms with Crippen LogP contribution in [-0.2, 0) is 19.3 Å². The molecule has 1 heterocycles. The molecule has 3 nitrogen and oxygen atoms in total. The van der Waals surface area contributed by atoms with Gasteiger partial charge in [0.05, 0.1) is 5.56 Å². The third-order valence-electron chi connectivity index (χ3n) is 3.82. The summed E-state index contributed by atoms with van der Waals surface area (Å²) in [6.07, 6.45) is 4.16. The summed E-state index contributed by atoms with van der Waals surface area (Å²) in [4.78, 5) is 4.66. The molecule has 100 valence electrons. The van der Waals surface area contributed by atoms with E-state index in [0.717, 1.165) is 37.1 Å². The zero-order valence-electron chi connectivity index (χ0n) is 11.6. The summed E-state index contributed by atoms with van der Waals surface area (Å²) in [5, 5.41) is 12.7. The Balaban J connectivity index is 2.00. The summed E-state index contributed by atoms with van der Waals surface area (Å²) in [5.74, 6) is 0.689. The Kier molecular flexibility index (Phi) is 3.39. The first-order valence-electron chi connectivity index (χ1n) is 7.09. The standard InChI is InChI=1S/C17H17N3/c1-2-12-6-3-4-8-15(12)19-17-14(11-18)10-13-7-5-9-16(13)20-17/h3-4,6,8,10H,2,5,7,9H2,1H3,(H,19,20). The van der Waals surface area contributed by atoms with Crippen molar-refractivity contribution in [3.8, 4) is 6.07 Å². The molecule has 3 rings (SSSR count). The van der Waals surface area contributed by atoms with Gasteiger partial charge < -0.3 is 5.32 Å². The van der Waals surface area contributed by atoms with E-state index in [-0.39, 0.29) is 0 Å². The summed E-state index contributed by atoms with van der Waals surface area (Å²) in [5.41, 5.74) is 5.28. The fourth-order valence-corrected chi connectivity index (χ4v) is 2.73. The Morgan fingerprint density at radius 3 is 2.95 bits per heavy atom. The highest BCUT2D eigenvalue weighted by Gasteiger charge is 2.16. The van der Waals surface area contributed by atoms with Crippen LogP contribution in [-0.4, -0.2) is 4.98 Å². The van der Waals surface area contributed by atoms with E-state index in [2.05, 4.69) is 29.4 Å². The molecule has 0 aliphatic heterocycles. The third kappa shape index (κ3) is 2.25. The lowest BCUT2D eigenvalue weighted by Crippen LogP contribution is -2.02. The van der Waals surface area contributed by atoms with Crippen molar-refractivity contribution in [2.24, 2.45) is 0 Å². The largest absolute Gasteiger partial charge is 0.339 e. The average Bonchev–Trinajstić information content (AvgIpc) is 2.94.